The Morgan fingerprint density at radius 3 is 2.15 bits per heavy atom. The highest BCUT2D eigenvalue weighted by Gasteiger charge is 2.21. The Labute approximate surface area is 233 Å². The molecule has 0 radical (unpaired) electrons. The third-order valence-corrected chi connectivity index (χ3v) is 7.57. The molecule has 0 bridgehead atoms. The van der Waals surface area contributed by atoms with Gasteiger partial charge in [0, 0.05) is 36.1 Å². The fourth-order valence-corrected chi connectivity index (χ4v) is 5.66. The van der Waals surface area contributed by atoms with Crippen LogP contribution in [0, 0.1) is 0 Å². The molecule has 0 unspecified atom stereocenters. The Bertz CT molecular complexity index is 1700. The summed E-state index contributed by atoms with van der Waals surface area (Å²) in [5, 5.41) is 21.4. The van der Waals surface area contributed by atoms with Gasteiger partial charge in [0.2, 0.25) is 0 Å². The maximum atomic E-state index is 12.1. The fourth-order valence-electron chi connectivity index (χ4n) is 5.66. The van der Waals surface area contributed by atoms with Gasteiger partial charge >= 0.3 is 0 Å². The molecule has 4 aromatic carbocycles. The predicted molar refractivity (Wildman–Crippen MR) is 160 cm³/mol. The van der Waals surface area contributed by atoms with Gasteiger partial charge in [-0.05, 0) is 83.6 Å². The smallest absolute Gasteiger partial charge is 0.265 e. The maximum Gasteiger partial charge on any atom is 0.265 e. The molecule has 6 heteroatoms. The quantitative estimate of drug-likeness (QED) is 0.214. The number of phenolic OH excluding ortho intramolecular Hbond substituents is 2. The molecule has 1 aliphatic rings. The van der Waals surface area contributed by atoms with Crippen LogP contribution in [0.5, 0.6) is 11.5 Å². The van der Waals surface area contributed by atoms with Crippen molar-refractivity contribution in [3.05, 3.63) is 114 Å². The van der Waals surface area contributed by atoms with Crippen molar-refractivity contribution < 1.29 is 15.0 Å². The van der Waals surface area contributed by atoms with Crippen molar-refractivity contribution in [3.63, 3.8) is 0 Å². The van der Waals surface area contributed by atoms with Gasteiger partial charge in [-0.3, -0.25) is 4.79 Å². The van der Waals surface area contributed by atoms with Crippen molar-refractivity contribution >= 4 is 22.9 Å². The molecule has 2 heterocycles. The van der Waals surface area contributed by atoms with Gasteiger partial charge in [0.05, 0.1) is 5.69 Å². The van der Waals surface area contributed by atoms with E-state index in [2.05, 4.69) is 33.7 Å². The second kappa shape index (κ2) is 10.7. The fraction of sp³-hybridized carbons (Fsp3) is 0.147. The first kappa shape index (κ1) is 25.3. The molecule has 1 aliphatic heterocycles. The van der Waals surface area contributed by atoms with Gasteiger partial charge < -0.3 is 25.4 Å². The number of rotatable bonds is 7. The monoisotopic (exact) mass is 529 g/mol. The Kier molecular flexibility index (Phi) is 6.74. The molecule has 6 rings (SSSR count). The molecule has 40 heavy (non-hydrogen) atoms. The second-order valence-electron chi connectivity index (χ2n) is 10.3. The van der Waals surface area contributed by atoms with Crippen LogP contribution in [0.25, 0.3) is 39.4 Å². The Hall–Kier alpha value is -4.97. The van der Waals surface area contributed by atoms with Gasteiger partial charge in [0.1, 0.15) is 17.2 Å². The van der Waals surface area contributed by atoms with E-state index in [4.69, 9.17) is 5.73 Å². The van der Waals surface area contributed by atoms with Crippen LogP contribution < -0.4 is 5.73 Å². The summed E-state index contributed by atoms with van der Waals surface area (Å²) in [6, 6.07) is 31.1. The molecule has 1 saturated heterocycles. The number of phenols is 2. The summed E-state index contributed by atoms with van der Waals surface area (Å²) >= 11 is 0. The summed E-state index contributed by atoms with van der Waals surface area (Å²) in [6.07, 6.45) is 4.02. The molecule has 5 aromatic rings. The van der Waals surface area contributed by atoms with E-state index in [-0.39, 0.29) is 11.5 Å². The minimum atomic E-state index is -0.403. The van der Waals surface area contributed by atoms with Crippen molar-refractivity contribution in [1.82, 2.24) is 9.47 Å². The lowest BCUT2D eigenvalue weighted by molar-refractivity contribution is -0.115. The number of primary amides is 1. The number of carbonyl (C=O) groups excluding carboxylic acids is 1. The predicted octanol–water partition coefficient (Wildman–Crippen LogP) is 6.36. The molecular weight excluding hydrogens is 498 g/mol. The third-order valence-electron chi connectivity index (χ3n) is 7.57. The van der Waals surface area contributed by atoms with Crippen molar-refractivity contribution in [1.29, 1.82) is 0 Å². The van der Waals surface area contributed by atoms with Crippen LogP contribution in [0.15, 0.2) is 103 Å². The van der Waals surface area contributed by atoms with Crippen LogP contribution in [-0.2, 0) is 11.3 Å². The first-order valence-corrected chi connectivity index (χ1v) is 13.5. The lowest BCUT2D eigenvalue weighted by atomic mass is 9.98. The first-order chi connectivity index (χ1) is 19.5. The molecular formula is C34H31N3O3. The second-order valence-corrected chi connectivity index (χ2v) is 10.3. The molecule has 0 spiro atoms. The molecule has 0 saturated carbocycles. The van der Waals surface area contributed by atoms with Crippen LogP contribution in [0.1, 0.15) is 24.0 Å². The standard InChI is InChI=1S/C34H31N3O3/c35-34(40)31(36-18-4-5-19-36)20-23-8-10-24(11-9-23)22-37-30-17-16-28(39)21-29(30)32(25-6-2-1-3-7-25)33(37)26-12-14-27(38)15-13-26/h1-3,6-17,20-21,38-39H,4-5,18-19,22H2,(H2,35,40)/b31-20+. The van der Waals surface area contributed by atoms with Crippen molar-refractivity contribution in [3.8, 4) is 33.9 Å². The Morgan fingerprint density at radius 1 is 0.800 bits per heavy atom. The van der Waals surface area contributed by atoms with Crippen LogP contribution in [0.2, 0.25) is 0 Å². The highest BCUT2D eigenvalue weighted by molar-refractivity contribution is 6.05. The maximum absolute atomic E-state index is 12.1. The zero-order valence-electron chi connectivity index (χ0n) is 22.1. The molecule has 1 aromatic heterocycles. The molecule has 4 N–H and O–H groups in total. The zero-order chi connectivity index (χ0) is 27.6. The van der Waals surface area contributed by atoms with E-state index in [0.717, 1.165) is 70.3 Å². The zero-order valence-corrected chi connectivity index (χ0v) is 22.1. The number of aromatic nitrogens is 1. The average molecular weight is 530 g/mol. The van der Waals surface area contributed by atoms with E-state index in [1.807, 2.05) is 60.7 Å². The SMILES string of the molecule is NC(=O)/C(=C\c1ccc(Cn2c(-c3ccc(O)cc3)c(-c3ccccc3)c3cc(O)ccc32)cc1)N1CCCC1. The van der Waals surface area contributed by atoms with E-state index in [9.17, 15) is 15.0 Å². The lowest BCUT2D eigenvalue weighted by Gasteiger charge is -2.19. The summed E-state index contributed by atoms with van der Waals surface area (Å²) in [5.41, 5.74) is 13.3. The summed E-state index contributed by atoms with van der Waals surface area (Å²) < 4.78 is 2.26. The summed E-state index contributed by atoms with van der Waals surface area (Å²) in [6.45, 7) is 2.29. The minimum Gasteiger partial charge on any atom is -0.508 e. The van der Waals surface area contributed by atoms with Crippen LogP contribution >= 0.6 is 0 Å². The molecule has 1 amide bonds. The van der Waals surface area contributed by atoms with Crippen LogP contribution in [0.4, 0.5) is 0 Å². The molecule has 0 atom stereocenters. The van der Waals surface area contributed by atoms with Gasteiger partial charge in [-0.1, -0.05) is 54.6 Å². The number of nitrogens with zero attached hydrogens (tertiary/aromatic N) is 2. The number of likely N-dealkylation sites (tertiary alicyclic amines) is 1. The van der Waals surface area contributed by atoms with Gasteiger partial charge in [-0.15, -0.1) is 0 Å². The van der Waals surface area contributed by atoms with E-state index >= 15 is 0 Å². The van der Waals surface area contributed by atoms with Gasteiger partial charge in [0.15, 0.2) is 0 Å². The van der Waals surface area contributed by atoms with Crippen molar-refractivity contribution in [2.45, 2.75) is 19.4 Å². The number of benzene rings is 4. The van der Waals surface area contributed by atoms with E-state index in [1.54, 1.807) is 18.2 Å². The number of hydrogen-bond acceptors (Lipinski definition) is 4. The number of aromatic hydroxyl groups is 2. The van der Waals surface area contributed by atoms with E-state index in [1.165, 1.54) is 0 Å². The number of hydrogen-bond donors (Lipinski definition) is 3. The average Bonchev–Trinajstić information content (AvgIpc) is 3.60. The number of amides is 1. The molecule has 6 nitrogen and oxygen atoms in total. The number of fused-ring (bicyclic) bond motifs is 1. The summed E-state index contributed by atoms with van der Waals surface area (Å²) in [5.74, 6) is 0.0109. The van der Waals surface area contributed by atoms with Crippen molar-refractivity contribution in [2.75, 3.05) is 13.1 Å². The molecule has 200 valence electrons. The van der Waals surface area contributed by atoms with Crippen molar-refractivity contribution in [2.24, 2.45) is 5.73 Å². The highest BCUT2D eigenvalue weighted by Crippen LogP contribution is 2.42. The van der Waals surface area contributed by atoms with Gasteiger partial charge in [-0.2, -0.15) is 0 Å². The van der Waals surface area contributed by atoms with E-state index < -0.39 is 5.91 Å². The topological polar surface area (TPSA) is 91.7 Å². The van der Waals surface area contributed by atoms with E-state index in [0.29, 0.717) is 12.2 Å². The molecule has 1 fully saturated rings. The summed E-state index contributed by atoms with van der Waals surface area (Å²) in [4.78, 5) is 14.2. The van der Waals surface area contributed by atoms with Crippen LogP contribution in [-0.4, -0.2) is 38.7 Å². The van der Waals surface area contributed by atoms with Gasteiger partial charge in [0.25, 0.3) is 5.91 Å². The Balaban J connectivity index is 1.46. The number of carbonyl (C=O) groups is 1. The lowest BCUT2D eigenvalue weighted by Crippen LogP contribution is -2.29. The highest BCUT2D eigenvalue weighted by atomic mass is 16.3. The first-order valence-electron chi connectivity index (χ1n) is 13.5. The summed E-state index contributed by atoms with van der Waals surface area (Å²) in [7, 11) is 0. The normalized spacial score (nSPS) is 13.7. The van der Waals surface area contributed by atoms with Gasteiger partial charge in [-0.25, -0.2) is 0 Å². The Morgan fingerprint density at radius 2 is 1.48 bits per heavy atom. The number of nitrogens with two attached hydrogens (primary N) is 1. The largest absolute Gasteiger partial charge is 0.508 e. The minimum absolute atomic E-state index is 0.207. The molecule has 0 aliphatic carbocycles. The van der Waals surface area contributed by atoms with Crippen LogP contribution in [0.3, 0.4) is 0 Å². The third kappa shape index (κ3) is 4.92.